The van der Waals surface area contributed by atoms with E-state index in [1.54, 1.807) is 6.92 Å². The summed E-state index contributed by atoms with van der Waals surface area (Å²) in [7, 11) is 1.14. The molecule has 2 amide bonds. The number of fused-ring (bicyclic) bond motifs is 1. The van der Waals surface area contributed by atoms with E-state index >= 15 is 0 Å². The molecule has 0 aromatic carbocycles. The Balaban J connectivity index is 2.05. The lowest BCUT2D eigenvalue weighted by atomic mass is 9.96. The maximum Gasteiger partial charge on any atom is 0.340 e. The summed E-state index contributed by atoms with van der Waals surface area (Å²) >= 11 is 0. The van der Waals surface area contributed by atoms with E-state index in [-0.39, 0.29) is 6.61 Å². The fraction of sp³-hybridized carbons (Fsp3) is 0.900. The normalized spacial score (nSPS) is 40.6. The van der Waals surface area contributed by atoms with Gasteiger partial charge in [0.1, 0.15) is 24.4 Å². The number of urea groups is 1. The lowest BCUT2D eigenvalue weighted by molar-refractivity contribution is -0.330. The van der Waals surface area contributed by atoms with Crippen LogP contribution >= 0.6 is 0 Å². The molecule has 10 nitrogen and oxygen atoms in total. The number of rotatable bonds is 2. The number of nitrogens with one attached hydrogen (secondary N) is 1. The number of hydrogen-bond acceptors (Lipinski definition) is 8. The maximum absolute atomic E-state index is 11.5. The molecule has 0 spiro atoms. The van der Waals surface area contributed by atoms with Crippen LogP contribution in [0.5, 0.6) is 0 Å². The molecule has 2 aliphatic rings. The molecule has 10 heteroatoms. The zero-order valence-corrected chi connectivity index (χ0v) is 11.0. The zero-order chi connectivity index (χ0) is 14.9. The number of ether oxygens (including phenoxy) is 3. The Morgan fingerprint density at radius 1 is 1.40 bits per heavy atom. The van der Waals surface area contributed by atoms with E-state index in [4.69, 9.17) is 14.2 Å². The number of nitrogens with zero attached hydrogens (tertiary/aromatic N) is 2. The Bertz CT molecular complexity index is 382. The Hall–Kier alpha value is -1.33. The molecular weight excluding hydrogens is 274 g/mol. The highest BCUT2D eigenvalue weighted by Crippen LogP contribution is 2.27. The van der Waals surface area contributed by atoms with Gasteiger partial charge in [-0.15, -0.1) is 4.91 Å². The highest BCUT2D eigenvalue weighted by Gasteiger charge is 2.48. The summed E-state index contributed by atoms with van der Waals surface area (Å²) in [5.41, 5.74) is 0. The summed E-state index contributed by atoms with van der Waals surface area (Å²) in [4.78, 5) is 21.8. The second-order valence-electron chi connectivity index (χ2n) is 4.64. The maximum atomic E-state index is 11.5. The van der Waals surface area contributed by atoms with Crippen molar-refractivity contribution in [2.45, 2.75) is 43.9 Å². The molecule has 3 N–H and O–H groups in total. The van der Waals surface area contributed by atoms with E-state index < -0.39 is 43.0 Å². The summed E-state index contributed by atoms with van der Waals surface area (Å²) in [5, 5.41) is 25.2. The lowest BCUT2D eigenvalue weighted by Gasteiger charge is -2.46. The number of nitroso groups, excluding NO2 is 1. The zero-order valence-electron chi connectivity index (χ0n) is 11.0. The van der Waals surface area contributed by atoms with Crippen molar-refractivity contribution in [2.24, 2.45) is 5.29 Å². The molecule has 0 saturated carbocycles. The Morgan fingerprint density at radius 3 is 2.75 bits per heavy atom. The summed E-state index contributed by atoms with van der Waals surface area (Å²) in [6.45, 7) is 1.82. The van der Waals surface area contributed by atoms with E-state index in [1.165, 1.54) is 0 Å². The van der Waals surface area contributed by atoms with Gasteiger partial charge in [0.2, 0.25) is 0 Å². The molecule has 2 fully saturated rings. The van der Waals surface area contributed by atoms with Crippen LogP contribution in [0.4, 0.5) is 4.79 Å². The molecule has 0 bridgehead atoms. The number of amides is 2. The van der Waals surface area contributed by atoms with Gasteiger partial charge >= 0.3 is 6.03 Å². The quantitative estimate of drug-likeness (QED) is 0.417. The molecule has 0 aliphatic carbocycles. The highest BCUT2D eigenvalue weighted by molar-refractivity contribution is 5.73. The summed E-state index contributed by atoms with van der Waals surface area (Å²) in [5.74, 6) is 0. The van der Waals surface area contributed by atoms with Crippen molar-refractivity contribution in [3.05, 3.63) is 4.91 Å². The fourth-order valence-corrected chi connectivity index (χ4v) is 2.16. The standard InChI is InChI=1S/C10H17N3O7/c1-4-18-3-5-8(19-4)7(14)6(9(15)20-5)11-10(16)13(2)12-17/h4-9,14-15H,3H2,1-2H3,(H,11,16)/t4?,5-,6-,7-,8-,9?/m1/s1. The Kier molecular flexibility index (Phi) is 4.50. The smallest absolute Gasteiger partial charge is 0.340 e. The van der Waals surface area contributed by atoms with Crippen LogP contribution in [0.3, 0.4) is 0 Å². The van der Waals surface area contributed by atoms with Gasteiger partial charge in [-0.3, -0.25) is 0 Å². The Morgan fingerprint density at radius 2 is 2.10 bits per heavy atom. The third-order valence-corrected chi connectivity index (χ3v) is 3.24. The summed E-state index contributed by atoms with van der Waals surface area (Å²) in [6, 6.07) is -2.01. The number of carbonyl (C=O) groups excluding carboxylic acids is 1. The van der Waals surface area contributed by atoms with Gasteiger partial charge in [-0.05, 0) is 6.92 Å². The van der Waals surface area contributed by atoms with Gasteiger partial charge in [0.05, 0.1) is 11.9 Å². The lowest BCUT2D eigenvalue weighted by Crippen LogP contribution is -2.67. The minimum absolute atomic E-state index is 0.163. The molecular formula is C10H17N3O7. The van der Waals surface area contributed by atoms with Gasteiger partial charge in [0.25, 0.3) is 0 Å². The van der Waals surface area contributed by atoms with Crippen molar-refractivity contribution in [3.63, 3.8) is 0 Å². The van der Waals surface area contributed by atoms with E-state index in [9.17, 15) is 19.9 Å². The fourth-order valence-electron chi connectivity index (χ4n) is 2.16. The van der Waals surface area contributed by atoms with Gasteiger partial charge in [-0.25, -0.2) is 4.79 Å². The predicted octanol–water partition coefficient (Wildman–Crippen LogP) is -1.48. The van der Waals surface area contributed by atoms with E-state index in [2.05, 4.69) is 10.6 Å². The van der Waals surface area contributed by atoms with Crippen LogP contribution in [-0.2, 0) is 14.2 Å². The highest BCUT2D eigenvalue weighted by atomic mass is 16.7. The van der Waals surface area contributed by atoms with Crippen molar-refractivity contribution in [2.75, 3.05) is 13.7 Å². The van der Waals surface area contributed by atoms with Crippen LogP contribution < -0.4 is 5.32 Å². The third kappa shape index (κ3) is 2.88. The molecule has 2 unspecified atom stereocenters. The molecule has 20 heavy (non-hydrogen) atoms. The van der Waals surface area contributed by atoms with Gasteiger partial charge in [-0.1, -0.05) is 0 Å². The van der Waals surface area contributed by atoms with Crippen LogP contribution in [0.25, 0.3) is 0 Å². The van der Waals surface area contributed by atoms with Crippen molar-refractivity contribution < 1.29 is 29.2 Å². The van der Waals surface area contributed by atoms with Crippen molar-refractivity contribution >= 4 is 6.03 Å². The largest absolute Gasteiger partial charge is 0.388 e. The van der Waals surface area contributed by atoms with E-state index in [0.717, 1.165) is 7.05 Å². The first-order chi connectivity index (χ1) is 9.43. The van der Waals surface area contributed by atoms with Gasteiger partial charge < -0.3 is 29.7 Å². The SMILES string of the molecule is CC1OC[C@H]2OC(O)[C@H](NC(=O)N(C)N=O)[C@@H](O)[C@@H]2O1. The molecule has 2 rings (SSSR count). The van der Waals surface area contributed by atoms with E-state index in [0.29, 0.717) is 5.01 Å². The second-order valence-corrected chi connectivity index (χ2v) is 4.64. The predicted molar refractivity (Wildman–Crippen MR) is 63.1 cm³/mol. The molecule has 0 aromatic heterocycles. The monoisotopic (exact) mass is 291 g/mol. The van der Waals surface area contributed by atoms with Gasteiger partial charge in [-0.2, -0.15) is 5.01 Å². The second kappa shape index (κ2) is 5.97. The summed E-state index contributed by atoms with van der Waals surface area (Å²) in [6.07, 6.45) is -4.57. The topological polar surface area (TPSA) is 130 Å². The number of aliphatic hydroxyl groups excluding tert-OH is 2. The minimum atomic E-state index is -1.45. The first-order valence-corrected chi connectivity index (χ1v) is 6.10. The molecule has 6 atom stereocenters. The van der Waals surface area contributed by atoms with Crippen LogP contribution in [-0.4, -0.2) is 71.8 Å². The molecule has 2 heterocycles. The van der Waals surface area contributed by atoms with Crippen molar-refractivity contribution in [1.29, 1.82) is 0 Å². The number of carbonyl (C=O) groups is 1. The molecule has 0 radical (unpaired) electrons. The average molecular weight is 291 g/mol. The molecule has 114 valence electrons. The van der Waals surface area contributed by atoms with Crippen molar-refractivity contribution in [1.82, 2.24) is 10.3 Å². The van der Waals surface area contributed by atoms with Crippen LogP contribution in [0.2, 0.25) is 0 Å². The summed E-state index contributed by atoms with van der Waals surface area (Å²) < 4.78 is 15.8. The number of hydrogen-bond donors (Lipinski definition) is 3. The Labute approximate surface area is 114 Å². The first kappa shape index (κ1) is 15.1. The number of aliphatic hydroxyl groups is 2. The van der Waals surface area contributed by atoms with Crippen molar-refractivity contribution in [3.8, 4) is 0 Å². The van der Waals surface area contributed by atoms with E-state index in [1.807, 2.05) is 0 Å². The molecule has 0 aromatic rings. The molecule has 2 aliphatic heterocycles. The average Bonchev–Trinajstić information content (AvgIpc) is 2.43. The van der Waals surface area contributed by atoms with Crippen LogP contribution in [0.1, 0.15) is 6.92 Å². The molecule has 2 saturated heterocycles. The van der Waals surface area contributed by atoms with Crippen LogP contribution in [0, 0.1) is 4.91 Å². The van der Waals surface area contributed by atoms with Crippen LogP contribution in [0.15, 0.2) is 5.29 Å². The van der Waals surface area contributed by atoms with Gasteiger partial charge in [0, 0.05) is 7.05 Å². The third-order valence-electron chi connectivity index (χ3n) is 3.24. The minimum Gasteiger partial charge on any atom is -0.388 e. The first-order valence-electron chi connectivity index (χ1n) is 6.10. The van der Waals surface area contributed by atoms with Gasteiger partial charge in [0.15, 0.2) is 12.6 Å².